The molecule has 0 bridgehead atoms. The second-order valence-corrected chi connectivity index (χ2v) is 9.90. The first-order valence-electron chi connectivity index (χ1n) is 11.1. The molecule has 32 heavy (non-hydrogen) atoms. The molecule has 0 atom stereocenters. The summed E-state index contributed by atoms with van der Waals surface area (Å²) in [6.07, 6.45) is 1.66. The van der Waals surface area contributed by atoms with Crippen LogP contribution in [0.3, 0.4) is 0 Å². The number of benzene rings is 2. The van der Waals surface area contributed by atoms with Crippen molar-refractivity contribution in [3.8, 4) is 11.1 Å². The number of hydrogen-bond acceptors (Lipinski definition) is 6. The van der Waals surface area contributed by atoms with E-state index in [2.05, 4.69) is 95.4 Å². The summed E-state index contributed by atoms with van der Waals surface area (Å²) in [5.74, 6) is 0.861. The summed E-state index contributed by atoms with van der Waals surface area (Å²) in [6, 6.07) is 15.4. The number of fused-ring (bicyclic) bond motifs is 1. The zero-order chi connectivity index (χ0) is 22.2. The zero-order valence-electron chi connectivity index (χ0n) is 19.1. The lowest BCUT2D eigenvalue weighted by atomic mass is 9.99. The Morgan fingerprint density at radius 3 is 2.34 bits per heavy atom. The zero-order valence-corrected chi connectivity index (χ0v) is 20.0. The molecule has 0 radical (unpaired) electrons. The molecule has 164 valence electrons. The number of hydrogen-bond donors (Lipinski definition) is 1. The summed E-state index contributed by atoms with van der Waals surface area (Å²) in [6.45, 7) is 10.9. The Morgan fingerprint density at radius 2 is 1.62 bits per heavy atom. The first-order valence-corrected chi connectivity index (χ1v) is 11.9. The van der Waals surface area contributed by atoms with Gasteiger partial charge in [0.05, 0.1) is 5.39 Å². The summed E-state index contributed by atoms with van der Waals surface area (Å²) >= 11 is 1.73. The van der Waals surface area contributed by atoms with Gasteiger partial charge in [-0.05, 0) is 68.8 Å². The summed E-state index contributed by atoms with van der Waals surface area (Å²) in [7, 11) is 2.19. The fourth-order valence-corrected chi connectivity index (χ4v) is 5.35. The van der Waals surface area contributed by atoms with Gasteiger partial charge < -0.3 is 15.1 Å². The number of piperazine rings is 1. The second kappa shape index (κ2) is 8.52. The van der Waals surface area contributed by atoms with Crippen LogP contribution < -0.4 is 10.2 Å². The third kappa shape index (κ3) is 3.96. The van der Waals surface area contributed by atoms with Gasteiger partial charge in [-0.15, -0.1) is 11.3 Å². The number of aromatic nitrogens is 2. The SMILES string of the molecule is Cc1ccc(-c2c(C)sc3ncnc(Nc4ccc(N5CCN(C)CC5)cc4)c23)cc1C. The molecule has 6 heteroatoms. The molecular weight excluding hydrogens is 414 g/mol. The predicted molar refractivity (Wildman–Crippen MR) is 136 cm³/mol. The molecule has 0 aliphatic carbocycles. The molecule has 1 saturated heterocycles. The number of likely N-dealkylation sites (N-methyl/N-ethyl adjacent to an activating group) is 1. The van der Waals surface area contributed by atoms with Gasteiger partial charge in [-0.25, -0.2) is 9.97 Å². The van der Waals surface area contributed by atoms with E-state index in [-0.39, 0.29) is 0 Å². The first-order chi connectivity index (χ1) is 15.5. The molecule has 3 heterocycles. The molecule has 0 unspecified atom stereocenters. The maximum atomic E-state index is 4.63. The van der Waals surface area contributed by atoms with Crippen LogP contribution in [0.5, 0.6) is 0 Å². The minimum atomic E-state index is 0.861. The summed E-state index contributed by atoms with van der Waals surface area (Å²) in [5, 5.41) is 4.66. The number of nitrogens with one attached hydrogen (secondary N) is 1. The van der Waals surface area contributed by atoms with Crippen molar-refractivity contribution < 1.29 is 0 Å². The number of anilines is 3. The van der Waals surface area contributed by atoms with Gasteiger partial charge in [-0.1, -0.05) is 18.2 Å². The largest absolute Gasteiger partial charge is 0.369 e. The Balaban J connectivity index is 1.48. The van der Waals surface area contributed by atoms with Crippen LogP contribution in [0.4, 0.5) is 17.2 Å². The molecule has 1 aliphatic rings. The van der Waals surface area contributed by atoms with Crippen molar-refractivity contribution in [2.75, 3.05) is 43.4 Å². The fourth-order valence-electron chi connectivity index (χ4n) is 4.34. The Bertz CT molecular complexity index is 1250. The highest BCUT2D eigenvalue weighted by atomic mass is 32.1. The molecule has 5 rings (SSSR count). The van der Waals surface area contributed by atoms with E-state index in [1.165, 1.54) is 32.8 Å². The van der Waals surface area contributed by atoms with Crippen molar-refractivity contribution in [1.29, 1.82) is 0 Å². The molecule has 5 nitrogen and oxygen atoms in total. The van der Waals surface area contributed by atoms with Crippen molar-refractivity contribution in [2.45, 2.75) is 20.8 Å². The van der Waals surface area contributed by atoms with Crippen LogP contribution in [0, 0.1) is 20.8 Å². The fraction of sp³-hybridized carbons (Fsp3) is 0.308. The van der Waals surface area contributed by atoms with Crippen LogP contribution >= 0.6 is 11.3 Å². The van der Waals surface area contributed by atoms with E-state index in [9.17, 15) is 0 Å². The topological polar surface area (TPSA) is 44.3 Å². The Kier molecular flexibility index (Phi) is 5.57. The molecule has 0 spiro atoms. The predicted octanol–water partition coefficient (Wildman–Crippen LogP) is 5.78. The molecule has 1 fully saturated rings. The molecule has 0 saturated carbocycles. The first kappa shape index (κ1) is 20.9. The summed E-state index contributed by atoms with van der Waals surface area (Å²) in [4.78, 5) is 16.3. The van der Waals surface area contributed by atoms with Gasteiger partial charge in [0.25, 0.3) is 0 Å². The lowest BCUT2D eigenvalue weighted by Gasteiger charge is -2.34. The van der Waals surface area contributed by atoms with E-state index < -0.39 is 0 Å². The normalized spacial score (nSPS) is 14.8. The van der Waals surface area contributed by atoms with Crippen LogP contribution in [0.25, 0.3) is 21.3 Å². The lowest BCUT2D eigenvalue weighted by molar-refractivity contribution is 0.313. The van der Waals surface area contributed by atoms with Crippen LogP contribution in [0.1, 0.15) is 16.0 Å². The van der Waals surface area contributed by atoms with Crippen LogP contribution in [0.2, 0.25) is 0 Å². The summed E-state index contributed by atoms with van der Waals surface area (Å²) in [5.41, 5.74) is 7.37. The average molecular weight is 444 g/mol. The standard InChI is InChI=1S/C26H29N5S/c1-17-5-6-20(15-18(17)2)23-19(3)32-26-24(23)25(27-16-28-26)29-21-7-9-22(10-8-21)31-13-11-30(4)12-14-31/h5-10,15-16H,11-14H2,1-4H3,(H,27,28,29). The third-order valence-electron chi connectivity index (χ3n) is 6.46. The highest BCUT2D eigenvalue weighted by Gasteiger charge is 2.18. The van der Waals surface area contributed by atoms with Gasteiger partial charge in [0.2, 0.25) is 0 Å². The van der Waals surface area contributed by atoms with Crippen molar-refractivity contribution in [1.82, 2.24) is 14.9 Å². The van der Waals surface area contributed by atoms with Crippen LogP contribution in [-0.4, -0.2) is 48.1 Å². The Labute approximate surface area is 193 Å². The molecule has 4 aromatic rings. The van der Waals surface area contributed by atoms with E-state index in [1.54, 1.807) is 17.7 Å². The van der Waals surface area contributed by atoms with Crippen molar-refractivity contribution in [2.24, 2.45) is 0 Å². The van der Waals surface area contributed by atoms with E-state index in [0.29, 0.717) is 0 Å². The Morgan fingerprint density at radius 1 is 0.875 bits per heavy atom. The van der Waals surface area contributed by atoms with Gasteiger partial charge in [-0.3, -0.25) is 0 Å². The lowest BCUT2D eigenvalue weighted by Crippen LogP contribution is -2.44. The minimum absolute atomic E-state index is 0.861. The van der Waals surface area contributed by atoms with Gasteiger partial charge in [0.1, 0.15) is 17.0 Å². The smallest absolute Gasteiger partial charge is 0.143 e. The quantitative estimate of drug-likeness (QED) is 0.433. The van der Waals surface area contributed by atoms with E-state index in [0.717, 1.165) is 47.9 Å². The molecule has 1 aliphatic heterocycles. The van der Waals surface area contributed by atoms with Crippen LogP contribution in [-0.2, 0) is 0 Å². The van der Waals surface area contributed by atoms with Gasteiger partial charge >= 0.3 is 0 Å². The van der Waals surface area contributed by atoms with E-state index >= 15 is 0 Å². The average Bonchev–Trinajstić information content (AvgIpc) is 3.14. The second-order valence-electron chi connectivity index (χ2n) is 8.70. The highest BCUT2D eigenvalue weighted by Crippen LogP contribution is 2.41. The molecule has 2 aromatic carbocycles. The van der Waals surface area contributed by atoms with Gasteiger partial charge in [-0.2, -0.15) is 0 Å². The van der Waals surface area contributed by atoms with Gasteiger partial charge in [0, 0.05) is 48.0 Å². The number of thiophene rings is 1. The van der Waals surface area contributed by atoms with Crippen molar-refractivity contribution in [3.05, 3.63) is 64.8 Å². The maximum Gasteiger partial charge on any atom is 0.143 e. The minimum Gasteiger partial charge on any atom is -0.369 e. The molecule has 2 aromatic heterocycles. The molecule has 0 amide bonds. The van der Waals surface area contributed by atoms with E-state index in [4.69, 9.17) is 0 Å². The summed E-state index contributed by atoms with van der Waals surface area (Å²) < 4.78 is 0. The number of aryl methyl sites for hydroxylation is 3. The van der Waals surface area contributed by atoms with E-state index in [1.807, 2.05) is 0 Å². The van der Waals surface area contributed by atoms with Crippen LogP contribution in [0.15, 0.2) is 48.8 Å². The molecular formula is C26H29N5S. The third-order valence-corrected chi connectivity index (χ3v) is 7.47. The van der Waals surface area contributed by atoms with Gasteiger partial charge in [0.15, 0.2) is 0 Å². The number of nitrogens with zero attached hydrogens (tertiary/aromatic N) is 4. The maximum absolute atomic E-state index is 4.63. The Hall–Kier alpha value is -2.96. The van der Waals surface area contributed by atoms with Crippen molar-refractivity contribution >= 4 is 38.7 Å². The van der Waals surface area contributed by atoms with Crippen molar-refractivity contribution in [3.63, 3.8) is 0 Å². The number of rotatable bonds is 4. The molecule has 1 N–H and O–H groups in total. The highest BCUT2D eigenvalue weighted by molar-refractivity contribution is 7.19. The monoisotopic (exact) mass is 443 g/mol.